The molecule has 11 aromatic rings. The van der Waals surface area contributed by atoms with E-state index in [1.165, 1.54) is 88.0 Å². The van der Waals surface area contributed by atoms with E-state index in [1.54, 1.807) is 0 Å². The summed E-state index contributed by atoms with van der Waals surface area (Å²) in [7, 11) is 0. The third-order valence-corrected chi connectivity index (χ3v) is 12.9. The Balaban J connectivity index is 1.04. The van der Waals surface area contributed by atoms with Crippen LogP contribution in [0.2, 0.25) is 0 Å². The van der Waals surface area contributed by atoms with Gasteiger partial charge in [-0.2, -0.15) is 0 Å². The Morgan fingerprint density at radius 1 is 0.283 bits per heavy atom. The molecule has 0 radical (unpaired) electrons. The highest BCUT2D eigenvalue weighted by atomic mass is 15.1. The van der Waals surface area contributed by atoms with Gasteiger partial charge in [0.15, 0.2) is 0 Å². The van der Waals surface area contributed by atoms with Crippen molar-refractivity contribution in [2.24, 2.45) is 0 Å². The van der Waals surface area contributed by atoms with E-state index < -0.39 is 5.41 Å². The molecule has 0 N–H and O–H groups in total. The summed E-state index contributed by atoms with van der Waals surface area (Å²) in [6.45, 7) is 0. The first-order valence-electron chi connectivity index (χ1n) is 20.8. The molecule has 1 nitrogen and oxygen atoms in total. The minimum atomic E-state index is -0.494. The number of benzene rings is 11. The number of fused-ring (bicyclic) bond motifs is 3. The Labute approximate surface area is 350 Å². The van der Waals surface area contributed by atoms with Crippen LogP contribution in [0.5, 0.6) is 0 Å². The predicted molar refractivity (Wildman–Crippen MR) is 253 cm³/mol. The van der Waals surface area contributed by atoms with Gasteiger partial charge in [-0.05, 0) is 124 Å². The zero-order valence-electron chi connectivity index (χ0n) is 33.0. The minimum absolute atomic E-state index is 0.494. The van der Waals surface area contributed by atoms with Gasteiger partial charge < -0.3 is 4.90 Å². The van der Waals surface area contributed by atoms with Crippen molar-refractivity contribution in [2.45, 2.75) is 5.41 Å². The molecule has 0 atom stereocenters. The molecule has 0 aromatic heterocycles. The molecule has 0 aliphatic heterocycles. The van der Waals surface area contributed by atoms with Crippen molar-refractivity contribution >= 4 is 49.4 Å². The van der Waals surface area contributed by atoms with Gasteiger partial charge in [-0.3, -0.25) is 0 Å². The smallest absolute Gasteiger partial charge is 0.0714 e. The molecule has 0 saturated heterocycles. The lowest BCUT2D eigenvalue weighted by Crippen LogP contribution is -2.28. The summed E-state index contributed by atoms with van der Waals surface area (Å²) in [6.07, 6.45) is 0. The molecule has 1 aliphatic carbocycles. The number of hydrogen-bond donors (Lipinski definition) is 0. The van der Waals surface area contributed by atoms with Crippen LogP contribution < -0.4 is 4.90 Å². The maximum absolute atomic E-state index is 2.45. The van der Waals surface area contributed by atoms with Gasteiger partial charge in [-0.1, -0.05) is 200 Å². The van der Waals surface area contributed by atoms with Crippen LogP contribution in [-0.2, 0) is 5.41 Å². The summed E-state index contributed by atoms with van der Waals surface area (Å²) in [5.41, 5.74) is 15.3. The van der Waals surface area contributed by atoms with Crippen LogP contribution in [0.15, 0.2) is 237 Å². The Morgan fingerprint density at radius 2 is 0.767 bits per heavy atom. The first kappa shape index (κ1) is 34.3. The van der Waals surface area contributed by atoms with Crippen molar-refractivity contribution in [3.63, 3.8) is 0 Å². The second kappa shape index (κ2) is 13.7. The maximum atomic E-state index is 2.45. The fraction of sp³-hybridized carbons (Fsp3) is 0.0169. The van der Waals surface area contributed by atoms with Crippen LogP contribution in [-0.4, -0.2) is 0 Å². The number of nitrogens with zero attached hydrogens (tertiary/aromatic N) is 1. The van der Waals surface area contributed by atoms with E-state index in [0.717, 1.165) is 17.1 Å². The molecule has 0 spiro atoms. The highest BCUT2D eigenvalue weighted by molar-refractivity contribution is 6.25. The average molecular weight is 762 g/mol. The highest BCUT2D eigenvalue weighted by Crippen LogP contribution is 2.57. The average Bonchev–Trinajstić information content (AvgIpc) is 3.62. The van der Waals surface area contributed by atoms with E-state index >= 15 is 0 Å². The second-order valence-corrected chi connectivity index (χ2v) is 16.0. The van der Waals surface area contributed by atoms with Crippen LogP contribution >= 0.6 is 0 Å². The minimum Gasteiger partial charge on any atom is -0.310 e. The lowest BCUT2D eigenvalue weighted by Gasteiger charge is -2.35. The molecule has 0 amide bonds. The Kier molecular flexibility index (Phi) is 7.83. The zero-order valence-corrected chi connectivity index (χ0v) is 33.0. The molecule has 0 saturated carbocycles. The molecule has 280 valence electrons. The van der Waals surface area contributed by atoms with Crippen molar-refractivity contribution in [3.05, 3.63) is 259 Å². The summed E-state index contributed by atoms with van der Waals surface area (Å²) in [5.74, 6) is 0. The summed E-state index contributed by atoms with van der Waals surface area (Å²) < 4.78 is 0. The molecule has 0 bridgehead atoms. The summed E-state index contributed by atoms with van der Waals surface area (Å²) in [6, 6.07) is 87.3. The summed E-state index contributed by atoms with van der Waals surface area (Å²) in [5, 5.41) is 7.82. The Bertz CT molecular complexity index is 3280. The van der Waals surface area contributed by atoms with Gasteiger partial charge >= 0.3 is 0 Å². The van der Waals surface area contributed by atoms with Gasteiger partial charge in [-0.25, -0.2) is 0 Å². The topological polar surface area (TPSA) is 3.24 Å². The maximum Gasteiger partial charge on any atom is 0.0714 e. The molecule has 0 unspecified atom stereocenters. The fourth-order valence-electron chi connectivity index (χ4n) is 10.2. The van der Waals surface area contributed by atoms with Crippen molar-refractivity contribution in [2.75, 3.05) is 4.90 Å². The van der Waals surface area contributed by atoms with Crippen LogP contribution in [0, 0.1) is 0 Å². The zero-order chi connectivity index (χ0) is 39.6. The van der Waals surface area contributed by atoms with E-state index in [4.69, 9.17) is 0 Å². The quantitative estimate of drug-likeness (QED) is 0.146. The van der Waals surface area contributed by atoms with E-state index in [2.05, 4.69) is 241 Å². The van der Waals surface area contributed by atoms with E-state index in [0.29, 0.717) is 0 Å². The molecule has 12 rings (SSSR count). The third kappa shape index (κ3) is 5.19. The van der Waals surface area contributed by atoms with Crippen molar-refractivity contribution in [1.29, 1.82) is 0 Å². The fourth-order valence-corrected chi connectivity index (χ4v) is 10.2. The predicted octanol–water partition coefficient (Wildman–Crippen LogP) is 15.8. The van der Waals surface area contributed by atoms with Gasteiger partial charge in [0.1, 0.15) is 0 Å². The van der Waals surface area contributed by atoms with Crippen LogP contribution in [0.4, 0.5) is 17.1 Å². The highest BCUT2D eigenvalue weighted by Gasteiger charge is 2.46. The molecular weight excluding hydrogens is 723 g/mol. The molecule has 1 aliphatic rings. The van der Waals surface area contributed by atoms with Gasteiger partial charge in [0, 0.05) is 17.1 Å². The third-order valence-electron chi connectivity index (χ3n) is 12.9. The van der Waals surface area contributed by atoms with Crippen LogP contribution in [0.3, 0.4) is 0 Å². The van der Waals surface area contributed by atoms with Crippen molar-refractivity contribution in [3.8, 4) is 33.4 Å². The molecular formula is C59H39N. The molecule has 0 fully saturated rings. The lowest BCUT2D eigenvalue weighted by molar-refractivity contribution is 0.768. The van der Waals surface area contributed by atoms with Crippen LogP contribution in [0.25, 0.3) is 65.7 Å². The van der Waals surface area contributed by atoms with Crippen LogP contribution in [0.1, 0.15) is 22.3 Å². The van der Waals surface area contributed by atoms with Crippen molar-refractivity contribution < 1.29 is 0 Å². The standard InChI is InChI=1S/C59H39N/c1-4-13-40(14-5-1)41-25-31-48(32-26-41)60(49-33-27-42(28-34-49)51-36-29-45-24-23-43-15-12-16-44-30-37-54(51)58(45)57(43)44)50-35-38-53-52-21-10-11-22-55(52)59(56(53)39-50,46-17-6-2-7-18-46)47-19-8-3-9-20-47/h1-39H. The second-order valence-electron chi connectivity index (χ2n) is 16.0. The van der Waals surface area contributed by atoms with E-state index in [9.17, 15) is 0 Å². The first-order chi connectivity index (χ1) is 29.8. The van der Waals surface area contributed by atoms with E-state index in [1.807, 2.05) is 0 Å². The normalized spacial score (nSPS) is 12.8. The summed E-state index contributed by atoms with van der Waals surface area (Å²) >= 11 is 0. The summed E-state index contributed by atoms with van der Waals surface area (Å²) in [4.78, 5) is 2.42. The van der Waals surface area contributed by atoms with Gasteiger partial charge in [0.2, 0.25) is 0 Å². The Hall–Kier alpha value is -7.74. The van der Waals surface area contributed by atoms with Gasteiger partial charge in [-0.15, -0.1) is 0 Å². The first-order valence-corrected chi connectivity index (χ1v) is 20.8. The van der Waals surface area contributed by atoms with E-state index in [-0.39, 0.29) is 0 Å². The number of anilines is 3. The molecule has 11 aromatic carbocycles. The molecule has 0 heterocycles. The number of hydrogen-bond acceptors (Lipinski definition) is 1. The molecule has 1 heteroatoms. The monoisotopic (exact) mass is 761 g/mol. The SMILES string of the molecule is c1ccc(-c2ccc(N(c3ccc(-c4ccc5ccc6cccc7ccc4c5c67)cc3)c3ccc4c(c3)C(c3ccccc3)(c3ccccc3)c3ccccc3-4)cc2)cc1. The van der Waals surface area contributed by atoms with Gasteiger partial charge in [0.25, 0.3) is 0 Å². The lowest BCUT2D eigenvalue weighted by atomic mass is 9.67. The molecule has 60 heavy (non-hydrogen) atoms. The number of rotatable bonds is 7. The largest absolute Gasteiger partial charge is 0.310 e. The van der Waals surface area contributed by atoms with Gasteiger partial charge in [0.05, 0.1) is 5.41 Å². The Morgan fingerprint density at radius 3 is 1.43 bits per heavy atom. The van der Waals surface area contributed by atoms with Crippen molar-refractivity contribution in [1.82, 2.24) is 0 Å².